The molecule has 21 heavy (non-hydrogen) atoms. The van der Waals surface area contributed by atoms with Crippen LogP contribution in [0.15, 0.2) is 24.3 Å². The summed E-state index contributed by atoms with van der Waals surface area (Å²) in [5, 5.41) is 6.16. The molecule has 1 aromatic rings. The molecule has 0 bridgehead atoms. The van der Waals surface area contributed by atoms with Crippen LogP contribution in [-0.4, -0.2) is 31.0 Å². The van der Waals surface area contributed by atoms with E-state index in [0.717, 1.165) is 13.0 Å². The van der Waals surface area contributed by atoms with Gasteiger partial charge in [-0.2, -0.15) is 0 Å². The SMILES string of the molecule is CC1NCCC1C(=O)Nc1ccccc1OCCC(N)=O. The molecule has 0 aliphatic carbocycles. The number of carbonyl (C=O) groups excluding carboxylic acids is 2. The predicted octanol–water partition coefficient (Wildman–Crippen LogP) is 0.877. The molecule has 6 heteroatoms. The molecule has 1 fully saturated rings. The molecule has 4 N–H and O–H groups in total. The molecule has 0 saturated carbocycles. The van der Waals surface area contributed by atoms with E-state index in [-0.39, 0.29) is 30.9 Å². The van der Waals surface area contributed by atoms with E-state index in [0.29, 0.717) is 11.4 Å². The van der Waals surface area contributed by atoms with E-state index in [4.69, 9.17) is 10.5 Å². The van der Waals surface area contributed by atoms with Crippen LogP contribution in [0.4, 0.5) is 5.69 Å². The molecule has 1 aliphatic heterocycles. The van der Waals surface area contributed by atoms with Gasteiger partial charge >= 0.3 is 0 Å². The number of para-hydroxylation sites is 2. The fourth-order valence-electron chi connectivity index (χ4n) is 2.40. The number of anilines is 1. The largest absolute Gasteiger partial charge is 0.491 e. The minimum atomic E-state index is -0.414. The van der Waals surface area contributed by atoms with Gasteiger partial charge < -0.3 is 21.1 Å². The third-order valence-electron chi connectivity index (χ3n) is 3.61. The number of nitrogens with two attached hydrogens (primary N) is 1. The molecular formula is C15H21N3O3. The zero-order chi connectivity index (χ0) is 15.2. The van der Waals surface area contributed by atoms with Crippen molar-refractivity contribution in [3.63, 3.8) is 0 Å². The van der Waals surface area contributed by atoms with Gasteiger partial charge in [0.15, 0.2) is 0 Å². The Morgan fingerprint density at radius 3 is 2.86 bits per heavy atom. The van der Waals surface area contributed by atoms with E-state index in [1.807, 2.05) is 19.1 Å². The molecule has 6 nitrogen and oxygen atoms in total. The molecule has 1 heterocycles. The first-order chi connectivity index (χ1) is 10.1. The van der Waals surface area contributed by atoms with Gasteiger partial charge in [-0.1, -0.05) is 12.1 Å². The summed E-state index contributed by atoms with van der Waals surface area (Å²) in [5.74, 6) is 0.0789. The van der Waals surface area contributed by atoms with Crippen LogP contribution < -0.4 is 21.1 Å². The van der Waals surface area contributed by atoms with Gasteiger partial charge in [-0.3, -0.25) is 9.59 Å². The van der Waals surface area contributed by atoms with Crippen LogP contribution in [-0.2, 0) is 9.59 Å². The molecule has 2 amide bonds. The monoisotopic (exact) mass is 291 g/mol. The normalized spacial score (nSPS) is 21.0. The lowest BCUT2D eigenvalue weighted by atomic mass is 10.0. The molecule has 114 valence electrons. The molecule has 1 saturated heterocycles. The van der Waals surface area contributed by atoms with Crippen LogP contribution in [0.5, 0.6) is 5.75 Å². The minimum Gasteiger partial charge on any atom is -0.491 e. The molecule has 0 aromatic heterocycles. The summed E-state index contributed by atoms with van der Waals surface area (Å²) < 4.78 is 5.51. The van der Waals surface area contributed by atoms with Crippen molar-refractivity contribution >= 4 is 17.5 Å². The quantitative estimate of drug-likeness (QED) is 0.725. The summed E-state index contributed by atoms with van der Waals surface area (Å²) in [4.78, 5) is 23.0. The number of nitrogens with one attached hydrogen (secondary N) is 2. The molecular weight excluding hydrogens is 270 g/mol. The third kappa shape index (κ3) is 4.19. The van der Waals surface area contributed by atoms with Gasteiger partial charge in [-0.05, 0) is 32.0 Å². The van der Waals surface area contributed by atoms with Crippen molar-refractivity contribution in [2.45, 2.75) is 25.8 Å². The first-order valence-electron chi connectivity index (χ1n) is 7.12. The molecule has 2 unspecified atom stereocenters. The van der Waals surface area contributed by atoms with Crippen molar-refractivity contribution < 1.29 is 14.3 Å². The molecule has 0 spiro atoms. The summed E-state index contributed by atoms with van der Waals surface area (Å²) in [7, 11) is 0. The maximum Gasteiger partial charge on any atom is 0.229 e. The van der Waals surface area contributed by atoms with Crippen LogP contribution in [0.3, 0.4) is 0 Å². The van der Waals surface area contributed by atoms with E-state index in [9.17, 15) is 9.59 Å². The van der Waals surface area contributed by atoms with Gasteiger partial charge in [0.1, 0.15) is 5.75 Å². The highest BCUT2D eigenvalue weighted by molar-refractivity contribution is 5.94. The van der Waals surface area contributed by atoms with Crippen LogP contribution in [0.2, 0.25) is 0 Å². The highest BCUT2D eigenvalue weighted by Gasteiger charge is 2.29. The first-order valence-corrected chi connectivity index (χ1v) is 7.12. The summed E-state index contributed by atoms with van der Waals surface area (Å²) in [5.41, 5.74) is 5.69. The number of benzene rings is 1. The van der Waals surface area contributed by atoms with Crippen LogP contribution in [0.1, 0.15) is 19.8 Å². The van der Waals surface area contributed by atoms with Crippen LogP contribution in [0.25, 0.3) is 0 Å². The van der Waals surface area contributed by atoms with E-state index >= 15 is 0 Å². The number of amides is 2. The maximum absolute atomic E-state index is 12.3. The Hall–Kier alpha value is -2.08. The second-order valence-electron chi connectivity index (χ2n) is 5.19. The average Bonchev–Trinajstić information content (AvgIpc) is 2.86. The minimum absolute atomic E-state index is 0.0153. The zero-order valence-electron chi connectivity index (χ0n) is 12.1. The molecule has 0 radical (unpaired) electrons. The average molecular weight is 291 g/mol. The first kappa shape index (κ1) is 15.3. The molecule has 2 atom stereocenters. The fraction of sp³-hybridized carbons (Fsp3) is 0.467. The van der Waals surface area contributed by atoms with Crippen molar-refractivity contribution in [3.05, 3.63) is 24.3 Å². The van der Waals surface area contributed by atoms with Crippen molar-refractivity contribution in [2.24, 2.45) is 11.7 Å². The summed E-state index contributed by atoms with van der Waals surface area (Å²) >= 11 is 0. The molecule has 2 rings (SSSR count). The second kappa shape index (κ2) is 7.08. The lowest BCUT2D eigenvalue weighted by Crippen LogP contribution is -2.32. The predicted molar refractivity (Wildman–Crippen MR) is 79.9 cm³/mol. The number of ether oxygens (including phenoxy) is 1. The van der Waals surface area contributed by atoms with Gasteiger partial charge in [0.2, 0.25) is 11.8 Å². The number of hydrogen-bond acceptors (Lipinski definition) is 4. The Kier molecular flexibility index (Phi) is 5.16. The molecule has 1 aromatic carbocycles. The number of rotatable bonds is 6. The Morgan fingerprint density at radius 1 is 1.43 bits per heavy atom. The third-order valence-corrected chi connectivity index (χ3v) is 3.61. The van der Waals surface area contributed by atoms with E-state index < -0.39 is 5.91 Å². The summed E-state index contributed by atoms with van der Waals surface area (Å²) in [6.07, 6.45) is 0.976. The van der Waals surface area contributed by atoms with Crippen molar-refractivity contribution in [1.82, 2.24) is 5.32 Å². The maximum atomic E-state index is 12.3. The smallest absolute Gasteiger partial charge is 0.229 e. The Bertz CT molecular complexity index is 519. The van der Waals surface area contributed by atoms with E-state index in [1.165, 1.54) is 0 Å². The highest BCUT2D eigenvalue weighted by atomic mass is 16.5. The van der Waals surface area contributed by atoms with Gasteiger partial charge in [0, 0.05) is 6.04 Å². The Morgan fingerprint density at radius 2 is 2.19 bits per heavy atom. The fourth-order valence-corrected chi connectivity index (χ4v) is 2.40. The molecule has 1 aliphatic rings. The van der Waals surface area contributed by atoms with Crippen molar-refractivity contribution in [3.8, 4) is 5.75 Å². The zero-order valence-corrected chi connectivity index (χ0v) is 12.1. The van der Waals surface area contributed by atoms with Gasteiger partial charge in [0.25, 0.3) is 0 Å². The number of hydrogen-bond donors (Lipinski definition) is 3. The lowest BCUT2D eigenvalue weighted by molar-refractivity contribution is -0.120. The highest BCUT2D eigenvalue weighted by Crippen LogP contribution is 2.26. The topological polar surface area (TPSA) is 93.4 Å². The Labute approximate surface area is 124 Å². The van der Waals surface area contributed by atoms with Crippen LogP contribution >= 0.6 is 0 Å². The van der Waals surface area contributed by atoms with Crippen molar-refractivity contribution in [1.29, 1.82) is 0 Å². The summed E-state index contributed by atoms with van der Waals surface area (Å²) in [6, 6.07) is 7.35. The number of primary amides is 1. The standard InChI is InChI=1S/C15H21N3O3/c1-10-11(6-8-17-10)15(20)18-12-4-2-3-5-13(12)21-9-7-14(16)19/h2-5,10-11,17H,6-9H2,1H3,(H2,16,19)(H,18,20). The van der Waals surface area contributed by atoms with Crippen molar-refractivity contribution in [2.75, 3.05) is 18.5 Å². The van der Waals surface area contributed by atoms with E-state index in [1.54, 1.807) is 12.1 Å². The Balaban J connectivity index is 1.99. The number of carbonyl (C=O) groups is 2. The summed E-state index contributed by atoms with van der Waals surface area (Å²) in [6.45, 7) is 3.06. The van der Waals surface area contributed by atoms with Gasteiger partial charge in [-0.15, -0.1) is 0 Å². The second-order valence-corrected chi connectivity index (χ2v) is 5.19. The lowest BCUT2D eigenvalue weighted by Gasteiger charge is -2.17. The van der Waals surface area contributed by atoms with Crippen LogP contribution in [0, 0.1) is 5.92 Å². The van der Waals surface area contributed by atoms with Gasteiger partial charge in [0.05, 0.1) is 24.6 Å². The van der Waals surface area contributed by atoms with E-state index in [2.05, 4.69) is 10.6 Å². The van der Waals surface area contributed by atoms with Gasteiger partial charge in [-0.25, -0.2) is 0 Å².